The number of aromatic nitrogens is 1. The fourth-order valence-corrected chi connectivity index (χ4v) is 3.03. The van der Waals surface area contributed by atoms with Gasteiger partial charge in [-0.05, 0) is 32.2 Å². The summed E-state index contributed by atoms with van der Waals surface area (Å²) in [6.45, 7) is 8.32. The zero-order valence-corrected chi connectivity index (χ0v) is 13.7. The first kappa shape index (κ1) is 16.3. The maximum Gasteiger partial charge on any atom is 0.0445 e. The van der Waals surface area contributed by atoms with Gasteiger partial charge in [-0.2, -0.15) is 11.8 Å². The van der Waals surface area contributed by atoms with Gasteiger partial charge in [0.05, 0.1) is 0 Å². The molecule has 1 N–H and O–H groups in total. The molecule has 1 unspecified atom stereocenters. The Kier molecular flexibility index (Phi) is 7.24. The van der Waals surface area contributed by atoms with Crippen molar-refractivity contribution >= 4 is 17.4 Å². The standard InChI is InChI=1S/C15H27N3S/c1-6-14(11-19-5)18(4)15-8-12(3)17-10-13(15)9-16-7-2/h8,10,14,16H,6-7,9,11H2,1-5H3. The predicted molar refractivity (Wildman–Crippen MR) is 87.2 cm³/mol. The van der Waals surface area contributed by atoms with Gasteiger partial charge in [0.15, 0.2) is 0 Å². The average molecular weight is 281 g/mol. The molecule has 0 aliphatic carbocycles. The minimum Gasteiger partial charge on any atom is -0.370 e. The second kappa shape index (κ2) is 8.43. The summed E-state index contributed by atoms with van der Waals surface area (Å²) in [6, 6.07) is 2.78. The van der Waals surface area contributed by atoms with Crippen LogP contribution in [0, 0.1) is 6.92 Å². The second-order valence-electron chi connectivity index (χ2n) is 4.86. The van der Waals surface area contributed by atoms with Gasteiger partial charge in [0.1, 0.15) is 0 Å². The molecule has 4 heteroatoms. The van der Waals surface area contributed by atoms with E-state index in [0.717, 1.165) is 24.5 Å². The SMILES string of the molecule is CCNCc1cnc(C)cc1N(C)C(CC)CSC. The maximum absolute atomic E-state index is 4.43. The number of rotatable bonds is 8. The highest BCUT2D eigenvalue weighted by Gasteiger charge is 2.16. The molecule has 0 aliphatic rings. The first-order valence-corrected chi connectivity index (χ1v) is 8.41. The van der Waals surface area contributed by atoms with E-state index in [9.17, 15) is 0 Å². The number of hydrogen-bond acceptors (Lipinski definition) is 4. The van der Waals surface area contributed by atoms with E-state index in [0.29, 0.717) is 6.04 Å². The minimum atomic E-state index is 0.581. The van der Waals surface area contributed by atoms with Crippen molar-refractivity contribution in [2.75, 3.05) is 30.5 Å². The van der Waals surface area contributed by atoms with Crippen LogP contribution in [-0.4, -0.2) is 36.6 Å². The van der Waals surface area contributed by atoms with Crippen LogP contribution >= 0.6 is 11.8 Å². The third-order valence-corrected chi connectivity index (χ3v) is 4.14. The number of hydrogen-bond donors (Lipinski definition) is 1. The lowest BCUT2D eigenvalue weighted by molar-refractivity contribution is 0.661. The van der Waals surface area contributed by atoms with Crippen LogP contribution in [0.15, 0.2) is 12.3 Å². The van der Waals surface area contributed by atoms with E-state index < -0.39 is 0 Å². The molecule has 0 saturated heterocycles. The molecule has 0 saturated carbocycles. The molecule has 0 aromatic carbocycles. The molecule has 0 spiro atoms. The molecule has 0 aliphatic heterocycles. The van der Waals surface area contributed by atoms with Crippen LogP contribution in [0.3, 0.4) is 0 Å². The van der Waals surface area contributed by atoms with Crippen molar-refractivity contribution in [3.63, 3.8) is 0 Å². The molecule has 1 atom stereocenters. The third-order valence-electron chi connectivity index (χ3n) is 3.42. The first-order valence-electron chi connectivity index (χ1n) is 7.02. The molecule has 0 bridgehead atoms. The number of nitrogens with zero attached hydrogens (tertiary/aromatic N) is 2. The van der Waals surface area contributed by atoms with Gasteiger partial charge in [-0.3, -0.25) is 4.98 Å². The Labute approximate surface area is 122 Å². The van der Waals surface area contributed by atoms with Crippen LogP contribution in [0.1, 0.15) is 31.5 Å². The van der Waals surface area contributed by atoms with Crippen molar-refractivity contribution in [2.24, 2.45) is 0 Å². The van der Waals surface area contributed by atoms with Gasteiger partial charge in [-0.1, -0.05) is 13.8 Å². The number of thioether (sulfide) groups is 1. The van der Waals surface area contributed by atoms with Gasteiger partial charge in [-0.25, -0.2) is 0 Å². The summed E-state index contributed by atoms with van der Waals surface area (Å²) in [4.78, 5) is 6.85. The topological polar surface area (TPSA) is 28.2 Å². The highest BCUT2D eigenvalue weighted by atomic mass is 32.2. The molecule has 0 radical (unpaired) electrons. The van der Waals surface area contributed by atoms with E-state index in [1.165, 1.54) is 17.7 Å². The van der Waals surface area contributed by atoms with Gasteiger partial charge in [0.2, 0.25) is 0 Å². The smallest absolute Gasteiger partial charge is 0.0445 e. The fraction of sp³-hybridized carbons (Fsp3) is 0.667. The lowest BCUT2D eigenvalue weighted by Gasteiger charge is -2.31. The van der Waals surface area contributed by atoms with Crippen molar-refractivity contribution < 1.29 is 0 Å². The number of aryl methyl sites for hydroxylation is 1. The highest BCUT2D eigenvalue weighted by molar-refractivity contribution is 7.98. The van der Waals surface area contributed by atoms with Crippen molar-refractivity contribution in [1.82, 2.24) is 10.3 Å². The number of nitrogens with one attached hydrogen (secondary N) is 1. The molecule has 0 amide bonds. The van der Waals surface area contributed by atoms with Crippen molar-refractivity contribution in [1.29, 1.82) is 0 Å². The van der Waals surface area contributed by atoms with Crippen LogP contribution in [0.2, 0.25) is 0 Å². The van der Waals surface area contributed by atoms with Crippen LogP contribution in [0.5, 0.6) is 0 Å². The Morgan fingerprint density at radius 3 is 2.74 bits per heavy atom. The number of anilines is 1. The zero-order chi connectivity index (χ0) is 14.3. The monoisotopic (exact) mass is 281 g/mol. The third kappa shape index (κ3) is 4.69. The Hall–Kier alpha value is -0.740. The molecule has 108 valence electrons. The molecular formula is C15H27N3S. The van der Waals surface area contributed by atoms with Crippen LogP contribution in [0.4, 0.5) is 5.69 Å². The molecule has 19 heavy (non-hydrogen) atoms. The Morgan fingerprint density at radius 1 is 1.42 bits per heavy atom. The fourth-order valence-electron chi connectivity index (χ4n) is 2.19. The van der Waals surface area contributed by atoms with Crippen LogP contribution < -0.4 is 10.2 Å². The zero-order valence-electron chi connectivity index (χ0n) is 12.9. The molecule has 0 fully saturated rings. The molecule has 1 aromatic rings. The highest BCUT2D eigenvalue weighted by Crippen LogP contribution is 2.24. The van der Waals surface area contributed by atoms with Crippen LogP contribution in [0.25, 0.3) is 0 Å². The Morgan fingerprint density at radius 2 is 2.16 bits per heavy atom. The van der Waals surface area contributed by atoms with E-state index in [-0.39, 0.29) is 0 Å². The Balaban J connectivity index is 2.97. The summed E-state index contributed by atoms with van der Waals surface area (Å²) < 4.78 is 0. The molecule has 1 heterocycles. The first-order chi connectivity index (χ1) is 9.13. The van der Waals surface area contributed by atoms with Gasteiger partial charge in [0, 0.05) is 48.5 Å². The normalized spacial score (nSPS) is 12.5. The largest absolute Gasteiger partial charge is 0.370 e. The van der Waals surface area contributed by atoms with Gasteiger partial charge >= 0.3 is 0 Å². The summed E-state index contributed by atoms with van der Waals surface area (Å²) in [5.74, 6) is 1.16. The summed E-state index contributed by atoms with van der Waals surface area (Å²) in [6.07, 6.45) is 5.35. The molecule has 1 rings (SSSR count). The van der Waals surface area contributed by atoms with Gasteiger partial charge < -0.3 is 10.2 Å². The van der Waals surface area contributed by atoms with Crippen molar-refractivity contribution in [2.45, 2.75) is 39.8 Å². The lowest BCUT2D eigenvalue weighted by atomic mass is 10.1. The number of pyridine rings is 1. The average Bonchev–Trinajstić information content (AvgIpc) is 2.42. The lowest BCUT2D eigenvalue weighted by Crippen LogP contribution is -2.34. The Bertz CT molecular complexity index is 382. The maximum atomic E-state index is 4.43. The predicted octanol–water partition coefficient (Wildman–Crippen LogP) is 3.08. The van der Waals surface area contributed by atoms with Crippen LogP contribution in [-0.2, 0) is 6.54 Å². The van der Waals surface area contributed by atoms with E-state index in [1.54, 1.807) is 0 Å². The summed E-state index contributed by atoms with van der Waals surface area (Å²) in [5, 5.41) is 3.40. The van der Waals surface area contributed by atoms with E-state index in [1.807, 2.05) is 18.0 Å². The molecule has 1 aromatic heterocycles. The van der Waals surface area contributed by atoms with E-state index in [4.69, 9.17) is 0 Å². The van der Waals surface area contributed by atoms with Gasteiger partial charge in [-0.15, -0.1) is 0 Å². The summed E-state index contributed by atoms with van der Waals surface area (Å²) in [7, 11) is 2.20. The van der Waals surface area contributed by atoms with Crippen molar-refractivity contribution in [3.05, 3.63) is 23.5 Å². The second-order valence-corrected chi connectivity index (χ2v) is 5.77. The summed E-state index contributed by atoms with van der Waals surface area (Å²) in [5.41, 5.74) is 3.69. The molecule has 3 nitrogen and oxygen atoms in total. The van der Waals surface area contributed by atoms with Crippen molar-refractivity contribution in [3.8, 4) is 0 Å². The van der Waals surface area contributed by atoms with E-state index in [2.05, 4.69) is 55.3 Å². The molecular weight excluding hydrogens is 254 g/mol. The van der Waals surface area contributed by atoms with Gasteiger partial charge in [0.25, 0.3) is 0 Å². The quantitative estimate of drug-likeness (QED) is 0.792. The minimum absolute atomic E-state index is 0.581. The summed E-state index contributed by atoms with van der Waals surface area (Å²) >= 11 is 1.91. The van der Waals surface area contributed by atoms with E-state index >= 15 is 0 Å².